The zero-order valence-electron chi connectivity index (χ0n) is 19.8. The Morgan fingerprint density at radius 2 is 1.67 bits per heavy atom. The predicted molar refractivity (Wildman–Crippen MR) is 119 cm³/mol. The number of benzene rings is 1. The molecule has 2 amide bonds. The Hall–Kier alpha value is -3.10. The summed E-state index contributed by atoms with van der Waals surface area (Å²) >= 11 is 0. The van der Waals surface area contributed by atoms with Gasteiger partial charge in [-0.15, -0.1) is 0 Å². The number of hydrogen-bond acceptors (Lipinski definition) is 6. The number of Topliss-reactive ketones (excluding diaryl/α,β-unsaturated/α-hetero) is 1. The first-order chi connectivity index (χ1) is 15.3. The predicted octanol–water partition coefficient (Wildman–Crippen LogP) is 2.71. The highest BCUT2D eigenvalue weighted by Gasteiger charge is 2.63. The number of carboxylic acid groups (broad SMARTS) is 1. The number of aliphatic carboxylic acids is 1. The normalized spacial score (nSPS) is 22.9. The number of piperidine rings is 2. The summed E-state index contributed by atoms with van der Waals surface area (Å²) in [5, 5.41) is 9.90. The lowest BCUT2D eigenvalue weighted by molar-refractivity contribution is -0.176. The quantitative estimate of drug-likeness (QED) is 0.687. The number of carbonyl (C=O) groups is 4. The first kappa shape index (κ1) is 24.5. The molecule has 1 atom stereocenters. The molecule has 2 aliphatic rings. The minimum atomic E-state index is -2.17. The summed E-state index contributed by atoms with van der Waals surface area (Å²) < 4.78 is 10.6. The monoisotopic (exact) mass is 460 g/mol. The maximum Gasteiger partial charge on any atom is 0.410 e. The van der Waals surface area contributed by atoms with Gasteiger partial charge in [0.2, 0.25) is 11.3 Å². The Balaban J connectivity index is 1.85. The second-order valence-electron chi connectivity index (χ2n) is 10.0. The molecule has 3 rings (SSSR count). The third kappa shape index (κ3) is 4.67. The first-order valence-corrected chi connectivity index (χ1v) is 11.0. The molecule has 1 spiro atoms. The molecule has 2 fully saturated rings. The number of carboxylic acids is 1. The average Bonchev–Trinajstić information content (AvgIpc) is 2.75. The van der Waals surface area contributed by atoms with Gasteiger partial charge in [-0.3, -0.25) is 14.4 Å². The van der Waals surface area contributed by atoms with Crippen LogP contribution in [-0.4, -0.2) is 71.0 Å². The van der Waals surface area contributed by atoms with Gasteiger partial charge in [0.05, 0.1) is 12.5 Å². The van der Waals surface area contributed by atoms with Crippen LogP contribution in [0.3, 0.4) is 0 Å². The topological polar surface area (TPSA) is 113 Å². The van der Waals surface area contributed by atoms with Crippen LogP contribution < -0.4 is 4.74 Å². The van der Waals surface area contributed by atoms with Crippen molar-refractivity contribution in [2.24, 2.45) is 10.8 Å². The molecule has 9 heteroatoms. The van der Waals surface area contributed by atoms with E-state index in [1.165, 1.54) is 16.7 Å². The second-order valence-corrected chi connectivity index (χ2v) is 10.0. The molecule has 1 aromatic rings. The third-order valence-corrected chi connectivity index (χ3v) is 6.48. The number of nitrogens with zero attached hydrogens (tertiary/aromatic N) is 2. The van der Waals surface area contributed by atoms with Crippen LogP contribution in [0.2, 0.25) is 0 Å². The lowest BCUT2D eigenvalue weighted by atomic mass is 9.62. The van der Waals surface area contributed by atoms with E-state index in [1.54, 1.807) is 52.1 Å². The zero-order chi connectivity index (χ0) is 24.6. The van der Waals surface area contributed by atoms with Gasteiger partial charge in [-0.05, 0) is 58.2 Å². The Labute approximate surface area is 193 Å². The van der Waals surface area contributed by atoms with Crippen molar-refractivity contribution in [1.82, 2.24) is 9.80 Å². The fourth-order valence-electron chi connectivity index (χ4n) is 4.55. The molecule has 0 bridgehead atoms. The molecule has 9 nitrogen and oxygen atoms in total. The molecule has 0 aliphatic carbocycles. The summed E-state index contributed by atoms with van der Waals surface area (Å²) in [6.45, 7) is 7.33. The van der Waals surface area contributed by atoms with E-state index < -0.39 is 40.2 Å². The molecule has 0 saturated carbocycles. The highest BCUT2D eigenvalue weighted by molar-refractivity contribution is 6.23. The molecule has 2 heterocycles. The van der Waals surface area contributed by atoms with Gasteiger partial charge < -0.3 is 24.4 Å². The Kier molecular flexibility index (Phi) is 6.46. The van der Waals surface area contributed by atoms with Crippen LogP contribution in [0, 0.1) is 10.8 Å². The number of amides is 2. The largest absolute Gasteiger partial charge is 0.497 e. The van der Waals surface area contributed by atoms with Crippen LogP contribution in [0.4, 0.5) is 4.79 Å². The summed E-state index contributed by atoms with van der Waals surface area (Å²) in [7, 11) is 1.56. The molecule has 1 N–H and O–H groups in total. The van der Waals surface area contributed by atoms with Crippen molar-refractivity contribution in [3.63, 3.8) is 0 Å². The number of methoxy groups -OCH3 is 1. The number of likely N-dealkylation sites (tertiary alicyclic amines) is 2. The number of hydrogen-bond donors (Lipinski definition) is 1. The van der Waals surface area contributed by atoms with Crippen LogP contribution in [0.15, 0.2) is 24.3 Å². The Morgan fingerprint density at radius 3 is 2.15 bits per heavy atom. The van der Waals surface area contributed by atoms with Gasteiger partial charge in [-0.25, -0.2) is 4.79 Å². The van der Waals surface area contributed by atoms with Crippen LogP contribution in [0.5, 0.6) is 5.75 Å². The summed E-state index contributed by atoms with van der Waals surface area (Å²) in [6, 6.07) is 7.14. The third-order valence-electron chi connectivity index (χ3n) is 6.48. The molecule has 180 valence electrons. The number of ketones is 1. The number of ether oxygens (including phenoxy) is 2. The molecule has 1 aromatic carbocycles. The van der Waals surface area contributed by atoms with Crippen LogP contribution >= 0.6 is 0 Å². The maximum atomic E-state index is 13.5. The van der Waals surface area contributed by atoms with E-state index in [-0.39, 0.29) is 39.0 Å². The lowest BCUT2D eigenvalue weighted by Gasteiger charge is -2.50. The van der Waals surface area contributed by atoms with Gasteiger partial charge >= 0.3 is 12.1 Å². The highest BCUT2D eigenvalue weighted by Crippen LogP contribution is 2.45. The van der Waals surface area contributed by atoms with Gasteiger partial charge in [-0.1, -0.05) is 12.1 Å². The lowest BCUT2D eigenvalue weighted by Crippen LogP contribution is -2.66. The summed E-state index contributed by atoms with van der Waals surface area (Å²) in [4.78, 5) is 54.3. The molecule has 1 unspecified atom stereocenters. The standard InChI is InChI=1S/C24H32N2O7/c1-22(2,3)33-21(31)25-12-10-24(11-13-25)15-26(14-16-6-8-17(32-5)9-7-16)19(28)23(4,18(24)27)20(29)30/h6-9H,10-15H2,1-5H3,(H,29,30). The van der Waals surface area contributed by atoms with Crippen LogP contribution in [0.25, 0.3) is 0 Å². The van der Waals surface area contributed by atoms with Crippen molar-refractivity contribution in [3.8, 4) is 5.75 Å². The van der Waals surface area contributed by atoms with Crippen LogP contribution in [-0.2, 0) is 25.7 Å². The summed E-state index contributed by atoms with van der Waals surface area (Å²) in [5.74, 6) is -2.08. The van der Waals surface area contributed by atoms with Gasteiger partial charge in [-0.2, -0.15) is 0 Å². The smallest absolute Gasteiger partial charge is 0.410 e. The van der Waals surface area contributed by atoms with Gasteiger partial charge in [0.25, 0.3) is 0 Å². The minimum absolute atomic E-state index is 0.113. The zero-order valence-corrected chi connectivity index (χ0v) is 19.8. The molecule has 0 radical (unpaired) electrons. The van der Waals surface area contributed by atoms with Crippen LogP contribution in [0.1, 0.15) is 46.1 Å². The van der Waals surface area contributed by atoms with Gasteiger partial charge in [0.15, 0.2) is 5.78 Å². The fraction of sp³-hybridized carbons (Fsp3) is 0.583. The van der Waals surface area contributed by atoms with Crippen molar-refractivity contribution < 1.29 is 33.8 Å². The first-order valence-electron chi connectivity index (χ1n) is 11.0. The van der Waals surface area contributed by atoms with E-state index in [9.17, 15) is 24.3 Å². The maximum absolute atomic E-state index is 13.5. The minimum Gasteiger partial charge on any atom is -0.497 e. The SMILES string of the molecule is COc1ccc(CN2CC3(CCN(C(=O)OC(C)(C)C)CC3)C(=O)C(C)(C(=O)O)C2=O)cc1. The number of carbonyl (C=O) groups excluding carboxylic acids is 3. The second kappa shape index (κ2) is 8.68. The molecule has 2 aliphatic heterocycles. The average molecular weight is 461 g/mol. The Morgan fingerprint density at radius 1 is 1.09 bits per heavy atom. The van der Waals surface area contributed by atoms with Crippen molar-refractivity contribution in [2.45, 2.75) is 52.7 Å². The van der Waals surface area contributed by atoms with Crippen molar-refractivity contribution in [1.29, 1.82) is 0 Å². The molecule has 33 heavy (non-hydrogen) atoms. The van der Waals surface area contributed by atoms with Crippen molar-refractivity contribution in [2.75, 3.05) is 26.7 Å². The van der Waals surface area contributed by atoms with Crippen molar-refractivity contribution >= 4 is 23.8 Å². The molecule has 2 saturated heterocycles. The summed E-state index contributed by atoms with van der Waals surface area (Å²) in [6.07, 6.45) is 0.0634. The van der Waals surface area contributed by atoms with Crippen molar-refractivity contribution in [3.05, 3.63) is 29.8 Å². The highest BCUT2D eigenvalue weighted by atomic mass is 16.6. The van der Waals surface area contributed by atoms with E-state index in [0.717, 1.165) is 5.56 Å². The van der Waals surface area contributed by atoms with Gasteiger partial charge in [0.1, 0.15) is 11.4 Å². The van der Waals surface area contributed by atoms with E-state index in [4.69, 9.17) is 9.47 Å². The Bertz CT molecular complexity index is 943. The number of rotatable bonds is 4. The van der Waals surface area contributed by atoms with Gasteiger partial charge in [0, 0.05) is 26.2 Å². The summed E-state index contributed by atoms with van der Waals surface area (Å²) in [5.41, 5.74) is -3.05. The molecular formula is C24H32N2O7. The molecule has 0 aromatic heterocycles. The van der Waals surface area contributed by atoms with E-state index in [1.807, 2.05) is 0 Å². The van der Waals surface area contributed by atoms with E-state index in [0.29, 0.717) is 5.75 Å². The fourth-order valence-corrected chi connectivity index (χ4v) is 4.55. The molecular weight excluding hydrogens is 428 g/mol. The van der Waals surface area contributed by atoms with E-state index >= 15 is 0 Å². The van der Waals surface area contributed by atoms with E-state index in [2.05, 4.69) is 0 Å².